The second-order valence-corrected chi connectivity index (χ2v) is 10.2. The van der Waals surface area contributed by atoms with Crippen LogP contribution in [-0.4, -0.2) is 17.0 Å². The topological polar surface area (TPSA) is 37.3 Å². The van der Waals surface area contributed by atoms with Crippen molar-refractivity contribution in [1.29, 1.82) is 0 Å². The van der Waals surface area contributed by atoms with E-state index in [0.29, 0.717) is 17.8 Å². The van der Waals surface area contributed by atoms with Gasteiger partial charge in [-0.2, -0.15) is 0 Å². The van der Waals surface area contributed by atoms with Crippen LogP contribution in [0, 0.1) is 28.6 Å². The highest BCUT2D eigenvalue weighted by molar-refractivity contribution is 6.09. The lowest BCUT2D eigenvalue weighted by Crippen LogP contribution is -2.50. The second kappa shape index (κ2) is 6.42. The summed E-state index contributed by atoms with van der Waals surface area (Å²) in [6.07, 6.45) is 12.0. The molecule has 5 rings (SSSR count). The summed E-state index contributed by atoms with van der Waals surface area (Å²) in [4.78, 5) is 13.3. The highest BCUT2D eigenvalue weighted by Gasteiger charge is 2.57. The number of carbonyl (C=O) groups excluding carboxylic acids is 1. The van der Waals surface area contributed by atoms with Gasteiger partial charge in [-0.05, 0) is 73.5 Å². The molecule has 0 aliphatic heterocycles. The number of allylic oxidation sites excluding steroid dienone is 3. The van der Waals surface area contributed by atoms with Crippen LogP contribution in [0.15, 0.2) is 53.6 Å². The number of aliphatic hydroxyl groups excluding tert-OH is 1. The van der Waals surface area contributed by atoms with Crippen LogP contribution in [0.3, 0.4) is 0 Å². The van der Waals surface area contributed by atoms with E-state index in [4.69, 9.17) is 0 Å². The van der Waals surface area contributed by atoms with Gasteiger partial charge in [0.2, 0.25) is 0 Å². The molecule has 0 heterocycles. The van der Waals surface area contributed by atoms with Crippen molar-refractivity contribution >= 4 is 5.78 Å². The molecule has 2 fully saturated rings. The van der Waals surface area contributed by atoms with Crippen LogP contribution < -0.4 is 0 Å². The van der Waals surface area contributed by atoms with Crippen LogP contribution in [-0.2, 0) is 0 Å². The molecule has 0 aromatic heterocycles. The molecule has 2 heteroatoms. The third-order valence-corrected chi connectivity index (χ3v) is 8.94. The van der Waals surface area contributed by atoms with Crippen LogP contribution in [0.5, 0.6) is 0 Å². The fourth-order valence-electron chi connectivity index (χ4n) is 7.31. The number of hydrogen-bond acceptors (Lipinski definition) is 2. The Labute approximate surface area is 168 Å². The Hall–Kier alpha value is -1.67. The zero-order chi connectivity index (χ0) is 19.5. The van der Waals surface area contributed by atoms with Crippen molar-refractivity contribution in [3.8, 4) is 0 Å². The number of Topliss-reactive ketones (excluding diaryl/α,β-unsaturated/α-hetero) is 1. The molecule has 4 aliphatic carbocycles. The zero-order valence-corrected chi connectivity index (χ0v) is 17.2. The van der Waals surface area contributed by atoms with E-state index in [1.54, 1.807) is 0 Å². The molecule has 6 atom stereocenters. The van der Waals surface area contributed by atoms with E-state index >= 15 is 0 Å². The van der Waals surface area contributed by atoms with Gasteiger partial charge in [0.1, 0.15) is 0 Å². The number of rotatable bonds is 2. The molecule has 28 heavy (non-hydrogen) atoms. The van der Waals surface area contributed by atoms with Crippen molar-refractivity contribution < 1.29 is 9.90 Å². The van der Waals surface area contributed by atoms with Gasteiger partial charge in [0, 0.05) is 11.1 Å². The molecular formula is C26H32O2. The fourth-order valence-corrected chi connectivity index (χ4v) is 7.31. The van der Waals surface area contributed by atoms with Crippen LogP contribution in [0.2, 0.25) is 0 Å². The summed E-state index contributed by atoms with van der Waals surface area (Å²) in [5, 5.41) is 10.2. The maximum Gasteiger partial charge on any atom is 0.189 e. The lowest BCUT2D eigenvalue weighted by molar-refractivity contribution is -0.0290. The van der Waals surface area contributed by atoms with Crippen LogP contribution in [0.4, 0.5) is 0 Å². The third-order valence-electron chi connectivity index (χ3n) is 8.94. The first-order valence-electron chi connectivity index (χ1n) is 11.1. The van der Waals surface area contributed by atoms with Crippen molar-refractivity contribution in [3.05, 3.63) is 59.2 Å². The molecular weight excluding hydrogens is 344 g/mol. The van der Waals surface area contributed by atoms with E-state index < -0.39 is 0 Å². The summed E-state index contributed by atoms with van der Waals surface area (Å²) in [5.41, 5.74) is 3.69. The molecule has 1 aromatic carbocycles. The lowest BCUT2D eigenvalue weighted by atomic mass is 9.47. The third kappa shape index (κ3) is 2.53. The van der Waals surface area contributed by atoms with Crippen LogP contribution in [0.25, 0.3) is 0 Å². The maximum absolute atomic E-state index is 13.3. The largest absolute Gasteiger partial charge is 0.393 e. The van der Waals surface area contributed by atoms with Gasteiger partial charge in [-0.25, -0.2) is 0 Å². The first kappa shape index (κ1) is 18.4. The number of ketones is 1. The SMILES string of the molecule is C[C@]12CC[C@H](O)CC1=CC[C@@H]1[C@@H]2CC[C@]2(C)C(C(=O)c3ccccc3)=CC[C@@H]12. The molecule has 2 nitrogen and oxygen atoms in total. The quantitative estimate of drug-likeness (QED) is 0.529. The average Bonchev–Trinajstić information content (AvgIpc) is 3.06. The molecule has 0 spiro atoms. The Morgan fingerprint density at radius 1 is 0.964 bits per heavy atom. The number of benzene rings is 1. The summed E-state index contributed by atoms with van der Waals surface area (Å²) in [7, 11) is 0. The molecule has 1 N–H and O–H groups in total. The van der Waals surface area contributed by atoms with Gasteiger partial charge in [-0.1, -0.05) is 61.9 Å². The zero-order valence-electron chi connectivity index (χ0n) is 17.2. The summed E-state index contributed by atoms with van der Waals surface area (Å²) in [6, 6.07) is 9.81. The number of fused-ring (bicyclic) bond motifs is 5. The molecule has 0 bridgehead atoms. The molecule has 0 unspecified atom stereocenters. The van der Waals surface area contributed by atoms with E-state index in [1.807, 2.05) is 30.3 Å². The number of hydrogen-bond donors (Lipinski definition) is 1. The number of aliphatic hydroxyl groups is 1. The van der Waals surface area contributed by atoms with Gasteiger partial charge in [0.25, 0.3) is 0 Å². The van der Waals surface area contributed by atoms with Gasteiger partial charge >= 0.3 is 0 Å². The molecule has 2 saturated carbocycles. The molecule has 0 radical (unpaired) electrons. The smallest absolute Gasteiger partial charge is 0.189 e. The summed E-state index contributed by atoms with van der Waals surface area (Å²) in [5.74, 6) is 2.19. The Bertz CT molecular complexity index is 850. The van der Waals surface area contributed by atoms with E-state index in [9.17, 15) is 9.90 Å². The minimum Gasteiger partial charge on any atom is -0.393 e. The van der Waals surface area contributed by atoms with Crippen molar-refractivity contribution in [3.63, 3.8) is 0 Å². The molecule has 148 valence electrons. The predicted molar refractivity (Wildman–Crippen MR) is 112 cm³/mol. The lowest BCUT2D eigenvalue weighted by Gasteiger charge is -2.57. The molecule has 4 aliphatic rings. The fraction of sp³-hybridized carbons (Fsp3) is 0.577. The van der Waals surface area contributed by atoms with Gasteiger partial charge in [0.05, 0.1) is 6.10 Å². The molecule has 0 saturated heterocycles. The summed E-state index contributed by atoms with van der Waals surface area (Å²) in [6.45, 7) is 4.82. The van der Waals surface area contributed by atoms with Crippen molar-refractivity contribution in [1.82, 2.24) is 0 Å². The second-order valence-electron chi connectivity index (χ2n) is 10.2. The summed E-state index contributed by atoms with van der Waals surface area (Å²) < 4.78 is 0. The minimum absolute atomic E-state index is 0.0178. The van der Waals surface area contributed by atoms with E-state index in [1.165, 1.54) is 12.0 Å². The average molecular weight is 377 g/mol. The molecule has 1 aromatic rings. The normalized spacial score (nSPS) is 42.0. The van der Waals surface area contributed by atoms with Gasteiger partial charge < -0.3 is 5.11 Å². The summed E-state index contributed by atoms with van der Waals surface area (Å²) >= 11 is 0. The van der Waals surface area contributed by atoms with Gasteiger partial charge in [0.15, 0.2) is 5.78 Å². The van der Waals surface area contributed by atoms with Crippen molar-refractivity contribution in [2.24, 2.45) is 28.6 Å². The highest BCUT2D eigenvalue weighted by Crippen LogP contribution is 2.65. The first-order chi connectivity index (χ1) is 13.4. The molecule has 0 amide bonds. The predicted octanol–water partition coefficient (Wildman–Crippen LogP) is 5.73. The highest BCUT2D eigenvalue weighted by atomic mass is 16.3. The Balaban J connectivity index is 1.44. The van der Waals surface area contributed by atoms with Crippen molar-refractivity contribution in [2.45, 2.75) is 64.9 Å². The Morgan fingerprint density at radius 3 is 2.50 bits per heavy atom. The van der Waals surface area contributed by atoms with Crippen LogP contribution >= 0.6 is 0 Å². The number of carbonyl (C=O) groups is 1. The van der Waals surface area contributed by atoms with Crippen molar-refractivity contribution in [2.75, 3.05) is 0 Å². The minimum atomic E-state index is -0.145. The van der Waals surface area contributed by atoms with Crippen LogP contribution in [0.1, 0.15) is 69.2 Å². The maximum atomic E-state index is 13.3. The van der Waals surface area contributed by atoms with Gasteiger partial charge in [-0.15, -0.1) is 0 Å². The van der Waals surface area contributed by atoms with E-state index in [0.717, 1.165) is 49.7 Å². The first-order valence-corrected chi connectivity index (χ1v) is 11.1. The van der Waals surface area contributed by atoms with E-state index in [2.05, 4.69) is 26.0 Å². The Morgan fingerprint density at radius 2 is 1.71 bits per heavy atom. The Kier molecular flexibility index (Phi) is 4.21. The van der Waals surface area contributed by atoms with Gasteiger partial charge in [-0.3, -0.25) is 4.79 Å². The standard InChI is InChI=1S/C26H32O2/c1-25-14-12-19(27)16-18(25)8-9-20-21-10-11-23(26(21,2)15-13-22(20)25)24(28)17-6-4-3-5-7-17/h3-8,11,19-22,27H,9-10,12-16H2,1-2H3/t19-,20-,21-,22-,25-,26-/m0/s1. The van der Waals surface area contributed by atoms with E-state index in [-0.39, 0.29) is 22.7 Å². The monoisotopic (exact) mass is 376 g/mol.